The van der Waals surface area contributed by atoms with E-state index in [1.165, 1.54) is 5.56 Å². The van der Waals surface area contributed by atoms with E-state index in [-0.39, 0.29) is 24.0 Å². The van der Waals surface area contributed by atoms with Crippen LogP contribution in [0, 0.1) is 6.92 Å². The Bertz CT molecular complexity index is 1070. The molecule has 0 aliphatic rings. The van der Waals surface area contributed by atoms with Crippen LogP contribution in [-0.2, 0) is 13.0 Å². The zero-order chi connectivity index (χ0) is 18.6. The fraction of sp³-hybridized carbons (Fsp3) is 0.238. The van der Waals surface area contributed by atoms with Gasteiger partial charge in [0.25, 0.3) is 0 Å². The van der Waals surface area contributed by atoms with Crippen molar-refractivity contribution >= 4 is 46.6 Å². The molecular weight excluding hydrogens is 465 g/mol. The predicted octanol–water partition coefficient (Wildman–Crippen LogP) is 3.91. The van der Waals surface area contributed by atoms with E-state index in [4.69, 9.17) is 4.42 Å². The number of rotatable bonds is 5. The molecule has 0 radical (unpaired) electrons. The minimum absolute atomic E-state index is 0. The summed E-state index contributed by atoms with van der Waals surface area (Å²) < 4.78 is 7.98. The van der Waals surface area contributed by atoms with Crippen molar-refractivity contribution in [3.63, 3.8) is 0 Å². The number of fused-ring (bicyclic) bond motifs is 2. The van der Waals surface area contributed by atoms with Crippen LogP contribution in [0.15, 0.2) is 64.3 Å². The molecular formula is C21H24IN5O. The molecule has 6 nitrogen and oxygen atoms in total. The number of imidazole rings is 1. The Kier molecular flexibility index (Phi) is 6.56. The van der Waals surface area contributed by atoms with Crippen molar-refractivity contribution in [1.82, 2.24) is 20.0 Å². The van der Waals surface area contributed by atoms with E-state index in [0.717, 1.165) is 47.0 Å². The summed E-state index contributed by atoms with van der Waals surface area (Å²) in [7, 11) is 1.77. The summed E-state index contributed by atoms with van der Waals surface area (Å²) >= 11 is 0. The molecule has 0 fully saturated rings. The van der Waals surface area contributed by atoms with Crippen molar-refractivity contribution in [2.45, 2.75) is 19.9 Å². The Hall–Kier alpha value is -2.55. The van der Waals surface area contributed by atoms with Gasteiger partial charge >= 0.3 is 0 Å². The SMILES string of the molecule is CN=C(NCCc1cn2ccccc2n1)NCc1oc2ccccc2c1C.I. The number of pyridine rings is 1. The van der Waals surface area contributed by atoms with E-state index in [1.807, 2.05) is 47.0 Å². The number of nitrogens with zero attached hydrogens (tertiary/aromatic N) is 3. The van der Waals surface area contributed by atoms with Crippen molar-refractivity contribution in [1.29, 1.82) is 0 Å². The van der Waals surface area contributed by atoms with Gasteiger partial charge in [0, 0.05) is 43.4 Å². The molecule has 1 aromatic carbocycles. The second kappa shape index (κ2) is 9.09. The van der Waals surface area contributed by atoms with Crippen molar-refractivity contribution in [3.8, 4) is 0 Å². The second-order valence-corrected chi connectivity index (χ2v) is 6.45. The molecule has 2 N–H and O–H groups in total. The Balaban J connectivity index is 0.00000225. The number of aryl methyl sites for hydroxylation is 1. The fourth-order valence-electron chi connectivity index (χ4n) is 3.19. The number of hydrogen-bond acceptors (Lipinski definition) is 3. The van der Waals surface area contributed by atoms with Gasteiger partial charge in [0.15, 0.2) is 5.96 Å². The van der Waals surface area contributed by atoms with Gasteiger partial charge < -0.3 is 19.5 Å². The first-order valence-corrected chi connectivity index (χ1v) is 9.09. The monoisotopic (exact) mass is 489 g/mol. The average Bonchev–Trinajstić information content (AvgIpc) is 3.25. The molecule has 0 saturated carbocycles. The number of guanidine groups is 1. The molecule has 0 bridgehead atoms. The number of hydrogen-bond donors (Lipinski definition) is 2. The smallest absolute Gasteiger partial charge is 0.191 e. The lowest BCUT2D eigenvalue weighted by Gasteiger charge is -2.10. The first kappa shape index (κ1) is 20.2. The van der Waals surface area contributed by atoms with Crippen molar-refractivity contribution in [2.24, 2.45) is 4.99 Å². The maximum Gasteiger partial charge on any atom is 0.191 e. The molecule has 28 heavy (non-hydrogen) atoms. The average molecular weight is 489 g/mol. The number of furan rings is 1. The molecule has 0 spiro atoms. The molecule has 0 saturated heterocycles. The zero-order valence-corrected chi connectivity index (χ0v) is 18.3. The lowest BCUT2D eigenvalue weighted by Crippen LogP contribution is -2.37. The first-order valence-electron chi connectivity index (χ1n) is 9.09. The highest BCUT2D eigenvalue weighted by Gasteiger charge is 2.10. The van der Waals surface area contributed by atoms with Crippen LogP contribution in [0.5, 0.6) is 0 Å². The summed E-state index contributed by atoms with van der Waals surface area (Å²) in [5, 5.41) is 7.81. The number of para-hydroxylation sites is 1. The number of halogens is 1. The van der Waals surface area contributed by atoms with E-state index in [0.29, 0.717) is 6.54 Å². The van der Waals surface area contributed by atoms with E-state index in [9.17, 15) is 0 Å². The summed E-state index contributed by atoms with van der Waals surface area (Å²) in [5.74, 6) is 1.68. The van der Waals surface area contributed by atoms with E-state index in [2.05, 4.69) is 39.8 Å². The molecule has 0 unspecified atom stereocenters. The third-order valence-corrected chi connectivity index (χ3v) is 4.67. The predicted molar refractivity (Wildman–Crippen MR) is 123 cm³/mol. The van der Waals surface area contributed by atoms with Crippen LogP contribution in [0.2, 0.25) is 0 Å². The molecule has 0 aliphatic heterocycles. The normalized spacial score (nSPS) is 11.6. The molecule has 0 amide bonds. The van der Waals surface area contributed by atoms with Gasteiger partial charge in [0.1, 0.15) is 17.0 Å². The third-order valence-electron chi connectivity index (χ3n) is 4.67. The van der Waals surface area contributed by atoms with Crippen LogP contribution in [0.1, 0.15) is 17.0 Å². The first-order chi connectivity index (χ1) is 13.2. The highest BCUT2D eigenvalue weighted by Crippen LogP contribution is 2.24. The molecule has 3 heterocycles. The second-order valence-electron chi connectivity index (χ2n) is 6.45. The third kappa shape index (κ3) is 4.30. The van der Waals surface area contributed by atoms with E-state index < -0.39 is 0 Å². The van der Waals surface area contributed by atoms with Gasteiger partial charge in [0.05, 0.1) is 12.2 Å². The Morgan fingerprint density at radius 3 is 2.75 bits per heavy atom. The van der Waals surface area contributed by atoms with Gasteiger partial charge in [-0.3, -0.25) is 4.99 Å². The van der Waals surface area contributed by atoms with Crippen LogP contribution >= 0.6 is 24.0 Å². The molecule has 0 atom stereocenters. The molecule has 0 aliphatic carbocycles. The zero-order valence-electron chi connectivity index (χ0n) is 16.0. The maximum absolute atomic E-state index is 5.94. The number of aromatic nitrogens is 2. The van der Waals surface area contributed by atoms with Crippen LogP contribution in [0.4, 0.5) is 0 Å². The van der Waals surface area contributed by atoms with Crippen molar-refractivity contribution in [3.05, 3.63) is 71.9 Å². The minimum Gasteiger partial charge on any atom is -0.459 e. The Labute approximate surface area is 181 Å². The molecule has 4 rings (SSSR count). The standard InChI is InChI=1S/C21H23N5O.HI/c1-15-17-7-3-4-8-18(17)27-19(15)13-24-21(22-2)23-11-10-16-14-26-12-6-5-9-20(26)25-16;/h3-9,12,14H,10-11,13H2,1-2H3,(H2,22,23,24);1H. The molecule has 3 aromatic heterocycles. The highest BCUT2D eigenvalue weighted by atomic mass is 127. The quantitative estimate of drug-likeness (QED) is 0.254. The van der Waals surface area contributed by atoms with Crippen LogP contribution in [0.3, 0.4) is 0 Å². The van der Waals surface area contributed by atoms with E-state index >= 15 is 0 Å². The van der Waals surface area contributed by atoms with Crippen LogP contribution < -0.4 is 10.6 Å². The largest absolute Gasteiger partial charge is 0.459 e. The summed E-state index contributed by atoms with van der Waals surface area (Å²) in [6.45, 7) is 3.43. The van der Waals surface area contributed by atoms with Gasteiger partial charge in [0.2, 0.25) is 0 Å². The maximum atomic E-state index is 5.94. The van der Waals surface area contributed by atoms with E-state index in [1.54, 1.807) is 7.05 Å². The van der Waals surface area contributed by atoms with Gasteiger partial charge in [-0.05, 0) is 25.1 Å². The van der Waals surface area contributed by atoms with Gasteiger partial charge in [-0.25, -0.2) is 4.98 Å². The van der Waals surface area contributed by atoms with Crippen molar-refractivity contribution < 1.29 is 4.42 Å². The Morgan fingerprint density at radius 1 is 1.14 bits per heavy atom. The highest BCUT2D eigenvalue weighted by molar-refractivity contribution is 14.0. The number of nitrogens with one attached hydrogen (secondary N) is 2. The summed E-state index contributed by atoms with van der Waals surface area (Å²) in [4.78, 5) is 8.90. The van der Waals surface area contributed by atoms with Crippen molar-refractivity contribution in [2.75, 3.05) is 13.6 Å². The van der Waals surface area contributed by atoms with Gasteiger partial charge in [-0.15, -0.1) is 24.0 Å². The number of aliphatic imine (C=N–C) groups is 1. The molecule has 7 heteroatoms. The van der Waals surface area contributed by atoms with Gasteiger partial charge in [-0.1, -0.05) is 24.3 Å². The topological polar surface area (TPSA) is 66.9 Å². The number of benzene rings is 1. The lowest BCUT2D eigenvalue weighted by molar-refractivity contribution is 0.534. The Morgan fingerprint density at radius 2 is 1.96 bits per heavy atom. The fourth-order valence-corrected chi connectivity index (χ4v) is 3.19. The van der Waals surface area contributed by atoms with Crippen LogP contribution in [-0.4, -0.2) is 28.9 Å². The van der Waals surface area contributed by atoms with Gasteiger partial charge in [-0.2, -0.15) is 0 Å². The van der Waals surface area contributed by atoms with Crippen LogP contribution in [0.25, 0.3) is 16.6 Å². The molecule has 146 valence electrons. The summed E-state index contributed by atoms with van der Waals surface area (Å²) in [6, 6.07) is 14.1. The molecule has 4 aromatic rings. The lowest BCUT2D eigenvalue weighted by atomic mass is 10.1. The summed E-state index contributed by atoms with van der Waals surface area (Å²) in [5.41, 5.74) is 4.10. The minimum atomic E-state index is 0. The summed E-state index contributed by atoms with van der Waals surface area (Å²) in [6.07, 6.45) is 4.90.